The molecule has 3 heterocycles. The quantitative estimate of drug-likeness (QED) is 0.0975. The Balaban J connectivity index is 0.000000488. The molecule has 21 heteroatoms. The molecule has 76 heavy (non-hydrogen) atoms. The van der Waals surface area contributed by atoms with E-state index in [1.165, 1.54) is 5.56 Å². The third-order valence-corrected chi connectivity index (χ3v) is 14.3. The molecule has 4 aromatic carbocycles. The van der Waals surface area contributed by atoms with E-state index in [1.807, 2.05) is 38.1 Å². The summed E-state index contributed by atoms with van der Waals surface area (Å²) < 4.78 is 35.7. The number of nitrogens with one attached hydrogen (secondary N) is 1. The van der Waals surface area contributed by atoms with E-state index in [0.717, 1.165) is 52.6 Å². The van der Waals surface area contributed by atoms with Crippen LogP contribution in [0.4, 0.5) is 0 Å². The summed E-state index contributed by atoms with van der Waals surface area (Å²) in [6, 6.07) is 23.0. The van der Waals surface area contributed by atoms with Crippen molar-refractivity contribution >= 4 is 126 Å². The molecule has 0 radical (unpaired) electrons. The average molecular weight is 1330 g/mol. The highest BCUT2D eigenvalue weighted by atomic mass is 79.9. The largest absolute Gasteiger partial charge is 0.495 e. The molecule has 0 aliphatic carbocycles. The van der Waals surface area contributed by atoms with Gasteiger partial charge in [-0.1, -0.05) is 85.0 Å². The second kappa shape index (κ2) is 30.2. The van der Waals surface area contributed by atoms with E-state index in [2.05, 4.69) is 178 Å². The molecule has 1 fully saturated rings. The second-order valence-corrected chi connectivity index (χ2v) is 27.1. The molecule has 422 valence electrons. The molecule has 0 bridgehead atoms. The Kier molecular flexibility index (Phi) is 28.3. The van der Waals surface area contributed by atoms with Crippen LogP contribution in [0.2, 0.25) is 0 Å². The van der Waals surface area contributed by atoms with E-state index < -0.39 is 25.5 Å². The number of amides is 1. The highest BCUT2D eigenvalue weighted by molar-refractivity contribution is 9.11. The van der Waals surface area contributed by atoms with E-state index in [1.54, 1.807) is 52.0 Å². The van der Waals surface area contributed by atoms with Crippen LogP contribution < -0.4 is 16.5 Å². The van der Waals surface area contributed by atoms with Gasteiger partial charge in [0.1, 0.15) is 13.2 Å². The maximum absolute atomic E-state index is 11.8. The lowest BCUT2D eigenvalue weighted by Crippen LogP contribution is -2.46. The standard InChI is InChI=1S/C18H26BNO3.C12H16BrNO2.C12H14BrNO.C8H6BrClO.C4H11NO.CH4.Cl2OS/c1-12-8-9-13(15-20-16(2,3)11-21-15)10-14(12)19-22-17(4,5)18(6,7)23-19;1-8-4-5-9(6-10(8)13)11(16)14-12(2,3)7-15;1-8-4-5-9(6-10(8)13)11-14-12(2,3)7-15-11;1-5-2-3-6(8(10)11)4-7(5)9;1-4(2,5)3-6;;1-4(2)3/h8-10H,11H2,1-7H3;4-6,15H,7H2,1-3H3,(H,14,16);4-6H,7H2,1-3H3;2-4H,1H3;6H,3,5H2,1-2H3;1H4;. The number of aliphatic imine (C=N–C) groups is 2. The van der Waals surface area contributed by atoms with Crippen molar-refractivity contribution < 1.29 is 42.8 Å². The molecule has 4 aromatic rings. The molecule has 13 nitrogen and oxygen atoms in total. The molecule has 1 amide bonds. The summed E-state index contributed by atoms with van der Waals surface area (Å²) in [4.78, 5) is 31.7. The van der Waals surface area contributed by atoms with E-state index in [4.69, 9.17) is 50.5 Å². The average Bonchev–Trinajstić information content (AvgIpc) is 3.92. The van der Waals surface area contributed by atoms with Crippen LogP contribution in [0.5, 0.6) is 0 Å². The zero-order valence-electron chi connectivity index (χ0n) is 45.7. The summed E-state index contributed by atoms with van der Waals surface area (Å²) in [5.74, 6) is 1.27. The second-order valence-electron chi connectivity index (χ2n) is 21.7. The number of aliphatic hydroxyl groups is 2. The van der Waals surface area contributed by atoms with Gasteiger partial charge in [-0.15, -0.1) is 0 Å². The number of nitrogens with two attached hydrogens (primary N) is 1. The number of aliphatic hydroxyl groups excluding tert-OH is 2. The zero-order chi connectivity index (χ0) is 57.7. The van der Waals surface area contributed by atoms with Crippen LogP contribution in [0.25, 0.3) is 0 Å². The molecule has 0 unspecified atom stereocenters. The zero-order valence-corrected chi connectivity index (χ0v) is 53.6. The highest BCUT2D eigenvalue weighted by Gasteiger charge is 2.52. The maximum atomic E-state index is 11.8. The lowest BCUT2D eigenvalue weighted by atomic mass is 9.75. The Bertz CT molecular complexity index is 2680. The van der Waals surface area contributed by atoms with Crippen molar-refractivity contribution in [2.45, 2.75) is 152 Å². The summed E-state index contributed by atoms with van der Waals surface area (Å²) in [6.07, 6.45) is 0. The van der Waals surface area contributed by atoms with Gasteiger partial charge in [-0.25, -0.2) is 14.2 Å². The van der Waals surface area contributed by atoms with Gasteiger partial charge < -0.3 is 40.0 Å². The van der Waals surface area contributed by atoms with Gasteiger partial charge in [0.15, 0.2) is 0 Å². The normalized spacial score (nSPS) is 16.3. The number of carbonyl (C=O) groups is 2. The Morgan fingerprint density at radius 1 is 0.671 bits per heavy atom. The smallest absolute Gasteiger partial charge is 0.475 e. The molecule has 5 N–H and O–H groups in total. The van der Waals surface area contributed by atoms with Crippen molar-refractivity contribution in [3.8, 4) is 0 Å². The predicted octanol–water partition coefficient (Wildman–Crippen LogP) is 13.0. The van der Waals surface area contributed by atoms with Crippen LogP contribution in [-0.2, 0) is 28.0 Å². The lowest BCUT2D eigenvalue weighted by molar-refractivity contribution is 0.00578. The SMILES string of the molecule is C.CC(C)(N)CO.Cc1ccc(C(=O)Cl)cc1Br.Cc1ccc(C(=O)NC(C)(C)CO)cc1Br.Cc1ccc(C2=NC(C)(C)CO2)cc1B1OC(C)(C)C(C)(C)O1.Cc1ccc(C2=NC(C)(C)CO2)cc1Br.O=S(Cl)Cl. The van der Waals surface area contributed by atoms with Crippen LogP contribution >= 0.6 is 80.8 Å². The van der Waals surface area contributed by atoms with Gasteiger partial charge in [0, 0.05) is 62.6 Å². The van der Waals surface area contributed by atoms with Crippen LogP contribution in [0.1, 0.15) is 145 Å². The van der Waals surface area contributed by atoms with E-state index in [9.17, 15) is 9.59 Å². The molecule has 0 saturated carbocycles. The molecule has 0 spiro atoms. The van der Waals surface area contributed by atoms with Gasteiger partial charge >= 0.3 is 7.12 Å². The van der Waals surface area contributed by atoms with Crippen LogP contribution in [-0.4, -0.2) is 104 Å². The number of nitrogens with zero attached hydrogens (tertiary/aromatic N) is 2. The molecule has 3 aliphatic heterocycles. The van der Waals surface area contributed by atoms with Crippen LogP contribution in [0, 0.1) is 27.7 Å². The minimum Gasteiger partial charge on any atom is -0.475 e. The summed E-state index contributed by atoms with van der Waals surface area (Å²) >= 11 is 15.5. The fraction of sp³-hybridized carbons (Fsp3) is 0.491. The van der Waals surface area contributed by atoms with Crippen molar-refractivity contribution in [3.63, 3.8) is 0 Å². The minimum atomic E-state index is -1.67. The molecule has 1 saturated heterocycles. The molecular formula is C55H77BBr3Cl3N4O9S. The Labute approximate surface area is 494 Å². The van der Waals surface area contributed by atoms with Gasteiger partial charge in [0.05, 0.1) is 41.0 Å². The third kappa shape index (κ3) is 23.9. The summed E-state index contributed by atoms with van der Waals surface area (Å²) in [7, 11) is 6.99. The van der Waals surface area contributed by atoms with Crippen molar-refractivity contribution in [1.82, 2.24) is 5.32 Å². The Morgan fingerprint density at radius 2 is 1.03 bits per heavy atom. The minimum absolute atomic E-state index is 0. The first kappa shape index (κ1) is 71.3. The highest BCUT2D eigenvalue weighted by Crippen LogP contribution is 2.37. The maximum Gasteiger partial charge on any atom is 0.495 e. The molecular weight excluding hydrogens is 1250 g/mol. The molecule has 0 atom stereocenters. The van der Waals surface area contributed by atoms with Gasteiger partial charge in [0.2, 0.25) is 21.0 Å². The Morgan fingerprint density at radius 3 is 1.37 bits per heavy atom. The van der Waals surface area contributed by atoms with Gasteiger partial charge in [-0.3, -0.25) is 9.59 Å². The predicted molar refractivity (Wildman–Crippen MR) is 327 cm³/mol. The monoisotopic (exact) mass is 1320 g/mol. The van der Waals surface area contributed by atoms with Crippen molar-refractivity contribution in [1.29, 1.82) is 0 Å². The first-order chi connectivity index (χ1) is 34.2. The van der Waals surface area contributed by atoms with Crippen molar-refractivity contribution in [2.24, 2.45) is 15.7 Å². The number of carbonyl (C=O) groups excluding carboxylic acids is 2. The first-order valence-electron chi connectivity index (χ1n) is 23.7. The topological polar surface area (TPSA) is 191 Å². The number of rotatable bonds is 8. The summed E-state index contributed by atoms with van der Waals surface area (Å²) in [6.45, 7) is 32.9. The number of aryl methyl sites for hydroxylation is 4. The fourth-order valence-electron chi connectivity index (χ4n) is 6.06. The van der Waals surface area contributed by atoms with Gasteiger partial charge in [-0.2, -0.15) is 0 Å². The van der Waals surface area contributed by atoms with Gasteiger partial charge in [0.25, 0.3) is 11.1 Å². The van der Waals surface area contributed by atoms with E-state index >= 15 is 0 Å². The van der Waals surface area contributed by atoms with E-state index in [0.29, 0.717) is 30.2 Å². The summed E-state index contributed by atoms with van der Waals surface area (Å²) in [5, 5.41) is 19.7. The first-order valence-corrected chi connectivity index (χ1v) is 29.3. The molecule has 0 aromatic heterocycles. The van der Waals surface area contributed by atoms with E-state index in [-0.39, 0.29) is 55.9 Å². The molecule has 3 aliphatic rings. The molecule has 7 rings (SSSR count). The van der Waals surface area contributed by atoms with Crippen molar-refractivity contribution in [3.05, 3.63) is 131 Å². The Hall–Kier alpha value is -2.72. The lowest BCUT2D eigenvalue weighted by Gasteiger charge is -2.32. The fourth-order valence-corrected chi connectivity index (χ4v) is 7.31. The van der Waals surface area contributed by atoms with Crippen LogP contribution in [0.3, 0.4) is 0 Å². The number of benzene rings is 4. The number of halogens is 6. The number of ether oxygens (including phenoxy) is 2. The summed E-state index contributed by atoms with van der Waals surface area (Å²) in [5.41, 5.74) is 12.0. The van der Waals surface area contributed by atoms with Crippen molar-refractivity contribution in [2.75, 3.05) is 26.4 Å². The van der Waals surface area contributed by atoms with Gasteiger partial charge in [-0.05, 0) is 193 Å². The number of hydrogen-bond acceptors (Lipinski definition) is 12. The third-order valence-electron chi connectivity index (χ3n) is 11.5. The number of hydrogen-bond donors (Lipinski definition) is 4. The van der Waals surface area contributed by atoms with Crippen LogP contribution in [0.15, 0.2) is 96.2 Å².